The van der Waals surface area contributed by atoms with Crippen LogP contribution in [0.1, 0.15) is 0 Å². The Morgan fingerprint density at radius 2 is 2.57 bits per heavy atom. The monoisotopic (exact) mass is 99.0 g/mol. The van der Waals surface area contributed by atoms with Crippen molar-refractivity contribution in [2.24, 2.45) is 0 Å². The highest BCUT2D eigenvalue weighted by atomic mass is 16.5. The summed E-state index contributed by atoms with van der Waals surface area (Å²) in [6.07, 6.45) is 2.77. The van der Waals surface area contributed by atoms with Crippen LogP contribution in [0.3, 0.4) is 0 Å². The van der Waals surface area contributed by atoms with E-state index in [0.29, 0.717) is 0 Å². The van der Waals surface area contributed by atoms with Crippen molar-refractivity contribution in [3.05, 3.63) is 12.4 Å². The van der Waals surface area contributed by atoms with Gasteiger partial charge in [-0.3, -0.25) is 0 Å². The number of hydrogen-bond acceptors (Lipinski definition) is 3. The number of aromatic nitrogens is 2. The number of hydrogen-bond donors (Lipinski definition) is 2. The molecule has 0 spiro atoms. The minimum atomic E-state index is 0.111. The molecular formula is C3H5N3O. The second-order valence-corrected chi connectivity index (χ2v) is 1.13. The Labute approximate surface area is 40.2 Å². The van der Waals surface area contributed by atoms with Gasteiger partial charge in [-0.1, -0.05) is 0 Å². The average molecular weight is 99.1 g/mol. The predicted octanol–water partition coefficient (Wildman–Crippen LogP) is -0.297. The van der Waals surface area contributed by atoms with Crippen molar-refractivity contribution in [3.8, 4) is 0 Å². The summed E-state index contributed by atoms with van der Waals surface area (Å²) in [5.74, 6) is 0.111. The van der Waals surface area contributed by atoms with Gasteiger partial charge in [-0.25, -0.2) is 4.98 Å². The van der Waals surface area contributed by atoms with Crippen LogP contribution in [0.4, 0.5) is 5.95 Å². The van der Waals surface area contributed by atoms with E-state index in [2.05, 4.69) is 4.98 Å². The molecule has 0 bridgehead atoms. The summed E-state index contributed by atoms with van der Waals surface area (Å²) in [6, 6.07) is 0. The fourth-order valence-corrected chi connectivity index (χ4v) is 0.308. The third-order valence-corrected chi connectivity index (χ3v) is 0.649. The van der Waals surface area contributed by atoms with Gasteiger partial charge in [0.1, 0.15) is 0 Å². The first kappa shape index (κ1) is 3.98. The van der Waals surface area contributed by atoms with E-state index in [0.717, 1.165) is 4.73 Å². The Morgan fingerprint density at radius 3 is 2.71 bits per heavy atom. The van der Waals surface area contributed by atoms with Gasteiger partial charge in [0, 0.05) is 0 Å². The molecule has 38 valence electrons. The van der Waals surface area contributed by atoms with Gasteiger partial charge >= 0.3 is 0 Å². The molecule has 0 unspecified atom stereocenters. The first-order valence-electron chi connectivity index (χ1n) is 1.79. The molecule has 0 radical (unpaired) electrons. The van der Waals surface area contributed by atoms with E-state index in [1.807, 2.05) is 0 Å². The van der Waals surface area contributed by atoms with E-state index in [1.165, 1.54) is 12.4 Å². The van der Waals surface area contributed by atoms with E-state index in [1.54, 1.807) is 0 Å². The maximum absolute atomic E-state index is 8.49. The molecule has 0 atom stereocenters. The SMILES string of the molecule is Nc1nccn1O. The van der Waals surface area contributed by atoms with Crippen LogP contribution in [0.2, 0.25) is 0 Å². The van der Waals surface area contributed by atoms with Crippen LogP contribution in [0, 0.1) is 0 Å². The summed E-state index contributed by atoms with van der Waals surface area (Å²) >= 11 is 0. The molecule has 0 aliphatic heterocycles. The number of anilines is 1. The van der Waals surface area contributed by atoms with Crippen LogP contribution in [0.15, 0.2) is 12.4 Å². The molecule has 0 amide bonds. The Balaban J connectivity index is 3.12. The van der Waals surface area contributed by atoms with Gasteiger partial charge in [0.15, 0.2) is 0 Å². The lowest BCUT2D eigenvalue weighted by Gasteiger charge is -1.86. The molecule has 0 aliphatic carbocycles. The Kier molecular flexibility index (Phi) is 0.651. The van der Waals surface area contributed by atoms with Crippen molar-refractivity contribution in [1.29, 1.82) is 0 Å². The average Bonchev–Trinajstić information content (AvgIpc) is 1.91. The summed E-state index contributed by atoms with van der Waals surface area (Å²) in [5.41, 5.74) is 5.04. The van der Waals surface area contributed by atoms with Crippen molar-refractivity contribution >= 4 is 5.95 Å². The molecule has 0 saturated carbocycles. The lowest BCUT2D eigenvalue weighted by molar-refractivity contribution is 0.192. The van der Waals surface area contributed by atoms with Gasteiger partial charge in [0.05, 0.1) is 12.4 Å². The zero-order valence-corrected chi connectivity index (χ0v) is 3.57. The van der Waals surface area contributed by atoms with Gasteiger partial charge in [-0.15, -0.1) is 0 Å². The van der Waals surface area contributed by atoms with E-state index in [9.17, 15) is 0 Å². The predicted molar refractivity (Wildman–Crippen MR) is 23.8 cm³/mol. The van der Waals surface area contributed by atoms with Crippen LogP contribution in [0.5, 0.6) is 0 Å². The van der Waals surface area contributed by atoms with Crippen molar-refractivity contribution in [2.45, 2.75) is 0 Å². The number of nitrogen functional groups attached to an aromatic ring is 1. The first-order valence-corrected chi connectivity index (χ1v) is 1.79. The van der Waals surface area contributed by atoms with Crippen molar-refractivity contribution < 1.29 is 5.21 Å². The molecule has 0 saturated heterocycles. The molecule has 4 nitrogen and oxygen atoms in total. The van der Waals surface area contributed by atoms with Gasteiger partial charge in [0.2, 0.25) is 5.95 Å². The van der Waals surface area contributed by atoms with Crippen molar-refractivity contribution in [1.82, 2.24) is 9.71 Å². The number of nitrogens with zero attached hydrogens (tertiary/aromatic N) is 2. The zero-order chi connectivity index (χ0) is 5.28. The second-order valence-electron chi connectivity index (χ2n) is 1.13. The fourth-order valence-electron chi connectivity index (χ4n) is 0.308. The highest BCUT2D eigenvalue weighted by Gasteiger charge is 1.87. The van der Waals surface area contributed by atoms with Crippen LogP contribution in [0.25, 0.3) is 0 Å². The second kappa shape index (κ2) is 1.14. The molecule has 0 aliphatic rings. The number of rotatable bonds is 0. The van der Waals surface area contributed by atoms with Crippen LogP contribution in [-0.2, 0) is 0 Å². The maximum atomic E-state index is 8.49. The van der Waals surface area contributed by atoms with Gasteiger partial charge in [-0.05, 0) is 0 Å². The van der Waals surface area contributed by atoms with E-state index < -0.39 is 0 Å². The molecular weight excluding hydrogens is 94.1 g/mol. The van der Waals surface area contributed by atoms with Crippen LogP contribution in [-0.4, -0.2) is 14.9 Å². The quantitative estimate of drug-likeness (QED) is 0.439. The van der Waals surface area contributed by atoms with Crippen LogP contribution < -0.4 is 5.73 Å². The molecule has 0 fully saturated rings. The molecule has 1 rings (SSSR count). The maximum Gasteiger partial charge on any atom is 0.233 e. The molecule has 7 heavy (non-hydrogen) atoms. The number of nitrogens with two attached hydrogens (primary N) is 1. The normalized spacial score (nSPS) is 9.14. The number of imidazole rings is 1. The first-order chi connectivity index (χ1) is 3.30. The molecule has 1 heterocycles. The standard InChI is InChI=1S/C3H5N3O/c4-3-5-1-2-6(3)7/h1-2,7H,(H2,4,5). The highest BCUT2D eigenvalue weighted by Crippen LogP contribution is 1.89. The van der Waals surface area contributed by atoms with Gasteiger partial charge in [0.25, 0.3) is 0 Å². The minimum absolute atomic E-state index is 0.111. The third-order valence-electron chi connectivity index (χ3n) is 0.649. The summed E-state index contributed by atoms with van der Waals surface area (Å²) in [5, 5.41) is 8.49. The summed E-state index contributed by atoms with van der Waals surface area (Å²) in [4.78, 5) is 3.51. The Morgan fingerprint density at radius 1 is 1.86 bits per heavy atom. The lowest BCUT2D eigenvalue weighted by atomic mass is 11.0. The highest BCUT2D eigenvalue weighted by molar-refractivity contribution is 5.13. The Hall–Kier alpha value is -1.19. The fraction of sp³-hybridized carbons (Fsp3) is 0. The molecule has 1 aromatic rings. The Bertz CT molecular complexity index is 142. The molecule has 3 N–H and O–H groups in total. The summed E-state index contributed by atoms with van der Waals surface area (Å²) in [6.45, 7) is 0. The molecule has 0 aromatic carbocycles. The van der Waals surface area contributed by atoms with E-state index in [-0.39, 0.29) is 5.95 Å². The van der Waals surface area contributed by atoms with Crippen molar-refractivity contribution in [3.63, 3.8) is 0 Å². The van der Waals surface area contributed by atoms with E-state index >= 15 is 0 Å². The van der Waals surface area contributed by atoms with Crippen LogP contribution >= 0.6 is 0 Å². The molecule has 1 aromatic heterocycles. The molecule has 4 heteroatoms. The van der Waals surface area contributed by atoms with Crippen molar-refractivity contribution in [2.75, 3.05) is 5.73 Å². The van der Waals surface area contributed by atoms with Gasteiger partial charge < -0.3 is 10.9 Å². The topological polar surface area (TPSA) is 64.1 Å². The smallest absolute Gasteiger partial charge is 0.233 e. The minimum Gasteiger partial charge on any atom is -0.425 e. The zero-order valence-electron chi connectivity index (χ0n) is 3.57. The largest absolute Gasteiger partial charge is 0.425 e. The van der Waals surface area contributed by atoms with Gasteiger partial charge in [-0.2, -0.15) is 4.73 Å². The van der Waals surface area contributed by atoms with E-state index in [4.69, 9.17) is 10.9 Å². The lowest BCUT2D eigenvalue weighted by Crippen LogP contribution is -1.95. The summed E-state index contributed by atoms with van der Waals surface area (Å²) in [7, 11) is 0. The summed E-state index contributed by atoms with van der Waals surface area (Å²) < 4.78 is 0.750. The third kappa shape index (κ3) is 0.489.